The molecule has 1 heterocycles. The predicted octanol–water partition coefficient (Wildman–Crippen LogP) is 2.07. The number of carboxylic acid groups (broad SMARTS) is 1. The van der Waals surface area contributed by atoms with Gasteiger partial charge in [0.2, 0.25) is 0 Å². The first kappa shape index (κ1) is 12.6. The van der Waals surface area contributed by atoms with Gasteiger partial charge >= 0.3 is 11.9 Å². The van der Waals surface area contributed by atoms with Crippen molar-refractivity contribution in [3.8, 4) is 0 Å². The predicted molar refractivity (Wildman–Crippen MR) is 78.8 cm³/mol. The number of benzene rings is 1. The Kier molecular flexibility index (Phi) is 2.37. The molecule has 1 aromatic rings. The molecule has 1 spiro atoms. The molecular formula is C15H13IO4. The summed E-state index contributed by atoms with van der Waals surface area (Å²) in [7, 11) is 0. The maximum Gasteiger partial charge on any atom is 0.315 e. The lowest BCUT2D eigenvalue weighted by atomic mass is 9.57. The molecule has 0 radical (unpaired) electrons. The number of aliphatic carboxylic acids is 1. The second-order valence-corrected chi connectivity index (χ2v) is 7.59. The first-order valence-corrected chi connectivity index (χ1v) is 7.93. The highest BCUT2D eigenvalue weighted by molar-refractivity contribution is 14.1. The number of hydrogen-bond acceptors (Lipinski definition) is 3. The highest BCUT2D eigenvalue weighted by atomic mass is 127. The number of ether oxygens (including phenoxy) is 1. The third-order valence-electron chi connectivity index (χ3n) is 5.25. The summed E-state index contributed by atoms with van der Waals surface area (Å²) < 4.78 is 5.55. The van der Waals surface area contributed by atoms with Crippen molar-refractivity contribution in [2.45, 2.75) is 34.7 Å². The van der Waals surface area contributed by atoms with Gasteiger partial charge in [-0.25, -0.2) is 0 Å². The molecule has 104 valence electrons. The van der Waals surface area contributed by atoms with E-state index in [0.29, 0.717) is 19.3 Å². The zero-order valence-corrected chi connectivity index (χ0v) is 12.8. The topological polar surface area (TPSA) is 63.6 Å². The Morgan fingerprint density at radius 2 is 2.10 bits per heavy atom. The molecule has 4 nitrogen and oxygen atoms in total. The molecule has 1 saturated carbocycles. The molecule has 5 heteroatoms. The van der Waals surface area contributed by atoms with Crippen LogP contribution >= 0.6 is 22.6 Å². The molecule has 4 atom stereocenters. The normalized spacial score (nSPS) is 41.0. The zero-order valence-electron chi connectivity index (χ0n) is 10.6. The molecule has 0 unspecified atom stereocenters. The fraction of sp³-hybridized carbons (Fsp3) is 0.467. The van der Waals surface area contributed by atoms with Crippen LogP contribution in [0, 0.1) is 5.41 Å². The minimum Gasteiger partial charge on any atom is -0.481 e. The highest BCUT2D eigenvalue weighted by Gasteiger charge is 2.73. The van der Waals surface area contributed by atoms with Crippen molar-refractivity contribution in [1.29, 1.82) is 0 Å². The summed E-state index contributed by atoms with van der Waals surface area (Å²) in [5, 5.41) is 9.99. The van der Waals surface area contributed by atoms with Crippen LogP contribution in [-0.4, -0.2) is 27.1 Å². The SMILES string of the molecule is O=C1O[C@@H]2C[C@]13Cc1ccccc1[C@@]3(C(=O)O)C[C@@H]2I. The molecule has 0 aromatic heterocycles. The maximum absolute atomic E-state index is 12.5. The first-order valence-electron chi connectivity index (χ1n) is 6.68. The number of esters is 1. The molecule has 4 rings (SSSR count). The van der Waals surface area contributed by atoms with E-state index >= 15 is 0 Å². The van der Waals surface area contributed by atoms with Crippen molar-refractivity contribution in [1.82, 2.24) is 0 Å². The third-order valence-corrected chi connectivity index (χ3v) is 6.50. The molecule has 3 aliphatic rings. The Balaban J connectivity index is 2.04. The summed E-state index contributed by atoms with van der Waals surface area (Å²) in [6, 6.07) is 7.57. The van der Waals surface area contributed by atoms with Gasteiger partial charge in [0.25, 0.3) is 0 Å². The highest BCUT2D eigenvalue weighted by Crippen LogP contribution is 2.64. The second kappa shape index (κ2) is 3.75. The lowest BCUT2D eigenvalue weighted by molar-refractivity contribution is -0.159. The van der Waals surface area contributed by atoms with Crippen LogP contribution in [0.15, 0.2) is 24.3 Å². The van der Waals surface area contributed by atoms with Gasteiger partial charge in [-0.2, -0.15) is 0 Å². The summed E-state index contributed by atoms with van der Waals surface area (Å²) in [6.45, 7) is 0. The van der Waals surface area contributed by atoms with Crippen LogP contribution in [0.5, 0.6) is 0 Å². The molecule has 1 N–H and O–H groups in total. The lowest BCUT2D eigenvalue weighted by Crippen LogP contribution is -2.55. The van der Waals surface area contributed by atoms with Crippen LogP contribution in [0.4, 0.5) is 0 Å². The number of halogens is 1. The van der Waals surface area contributed by atoms with E-state index < -0.39 is 16.8 Å². The summed E-state index contributed by atoms with van der Waals surface area (Å²) in [4.78, 5) is 24.7. The van der Waals surface area contributed by atoms with E-state index in [-0.39, 0.29) is 16.0 Å². The first-order chi connectivity index (χ1) is 9.51. The number of fused-ring (bicyclic) bond motifs is 3. The Hall–Kier alpha value is -1.11. The average Bonchev–Trinajstić information content (AvgIpc) is 2.87. The number of carboxylic acids is 1. The smallest absolute Gasteiger partial charge is 0.315 e. The average molecular weight is 384 g/mol. The van der Waals surface area contributed by atoms with Crippen LogP contribution in [0.1, 0.15) is 24.0 Å². The van der Waals surface area contributed by atoms with Gasteiger partial charge in [-0.15, -0.1) is 0 Å². The van der Waals surface area contributed by atoms with Crippen molar-refractivity contribution in [2.75, 3.05) is 0 Å². The summed E-state index contributed by atoms with van der Waals surface area (Å²) in [6.07, 6.45) is 1.36. The van der Waals surface area contributed by atoms with Crippen LogP contribution in [0.25, 0.3) is 0 Å². The Morgan fingerprint density at radius 3 is 2.85 bits per heavy atom. The van der Waals surface area contributed by atoms with E-state index in [1.807, 2.05) is 24.3 Å². The van der Waals surface area contributed by atoms with Gasteiger partial charge in [-0.3, -0.25) is 9.59 Å². The van der Waals surface area contributed by atoms with Crippen LogP contribution < -0.4 is 0 Å². The largest absolute Gasteiger partial charge is 0.481 e. The van der Waals surface area contributed by atoms with E-state index in [1.165, 1.54) is 0 Å². The number of rotatable bonds is 1. The van der Waals surface area contributed by atoms with Gasteiger partial charge in [0.1, 0.15) is 11.5 Å². The van der Waals surface area contributed by atoms with Crippen LogP contribution in [-0.2, 0) is 26.2 Å². The van der Waals surface area contributed by atoms with E-state index in [0.717, 1.165) is 11.1 Å². The standard InChI is InChI=1S/C15H13IO4/c16-10-6-15(12(17)18)9-4-2-1-3-8(9)5-14(15)7-11(10)20-13(14)19/h1-4,10-11H,5-7H2,(H,17,18)/t10-,11+,14+,15+/m0/s1. The van der Waals surface area contributed by atoms with Gasteiger partial charge in [0.15, 0.2) is 0 Å². The van der Waals surface area contributed by atoms with Gasteiger partial charge in [0, 0.05) is 10.3 Å². The van der Waals surface area contributed by atoms with Gasteiger partial charge in [0.05, 0.1) is 5.41 Å². The Morgan fingerprint density at radius 1 is 1.35 bits per heavy atom. The Labute approximate surface area is 129 Å². The number of hydrogen-bond donors (Lipinski definition) is 1. The van der Waals surface area contributed by atoms with E-state index in [2.05, 4.69) is 22.6 Å². The molecule has 1 saturated heterocycles. The molecule has 1 aliphatic heterocycles. The number of alkyl halides is 1. The van der Waals surface area contributed by atoms with Gasteiger partial charge in [-0.1, -0.05) is 46.9 Å². The van der Waals surface area contributed by atoms with E-state index in [9.17, 15) is 14.7 Å². The molecule has 2 fully saturated rings. The minimum absolute atomic E-state index is 0.0504. The van der Waals surface area contributed by atoms with E-state index in [4.69, 9.17) is 4.74 Å². The summed E-state index contributed by atoms with van der Waals surface area (Å²) >= 11 is 2.23. The number of carbonyl (C=O) groups excluding carboxylic acids is 1. The van der Waals surface area contributed by atoms with Crippen molar-refractivity contribution < 1.29 is 19.4 Å². The number of carbonyl (C=O) groups is 2. The molecule has 1 aromatic carbocycles. The van der Waals surface area contributed by atoms with Crippen molar-refractivity contribution in [2.24, 2.45) is 5.41 Å². The molecule has 2 bridgehead atoms. The fourth-order valence-corrected chi connectivity index (χ4v) is 5.44. The lowest BCUT2D eigenvalue weighted by Gasteiger charge is -2.42. The molecule has 2 aliphatic carbocycles. The quantitative estimate of drug-likeness (QED) is 0.458. The fourth-order valence-electron chi connectivity index (χ4n) is 4.37. The molecule has 0 amide bonds. The van der Waals surface area contributed by atoms with Crippen molar-refractivity contribution in [3.63, 3.8) is 0 Å². The summed E-state index contributed by atoms with van der Waals surface area (Å²) in [5.41, 5.74) is -0.210. The van der Waals surface area contributed by atoms with Gasteiger partial charge in [-0.05, 0) is 24.0 Å². The third kappa shape index (κ3) is 1.19. The molecular weight excluding hydrogens is 371 g/mol. The van der Waals surface area contributed by atoms with E-state index in [1.54, 1.807) is 0 Å². The van der Waals surface area contributed by atoms with Crippen molar-refractivity contribution >= 4 is 34.5 Å². The van der Waals surface area contributed by atoms with Crippen LogP contribution in [0.2, 0.25) is 0 Å². The monoisotopic (exact) mass is 384 g/mol. The zero-order chi connectivity index (χ0) is 14.1. The second-order valence-electron chi connectivity index (χ2n) is 5.99. The maximum atomic E-state index is 12.5. The minimum atomic E-state index is -1.11. The molecule has 20 heavy (non-hydrogen) atoms. The van der Waals surface area contributed by atoms with Crippen LogP contribution in [0.3, 0.4) is 0 Å². The Bertz CT molecular complexity index is 643. The summed E-state index contributed by atoms with van der Waals surface area (Å²) in [5.74, 6) is -1.21. The van der Waals surface area contributed by atoms with Gasteiger partial charge < -0.3 is 9.84 Å². The van der Waals surface area contributed by atoms with Crippen molar-refractivity contribution in [3.05, 3.63) is 35.4 Å².